The molecule has 1 unspecified atom stereocenters. The molecule has 4 nitrogen and oxygen atoms in total. The van der Waals surface area contributed by atoms with E-state index in [9.17, 15) is 21.6 Å². The maximum atomic E-state index is 12.9. The van der Waals surface area contributed by atoms with E-state index in [-0.39, 0.29) is 24.1 Å². The first kappa shape index (κ1) is 18.2. The average Bonchev–Trinajstić information content (AvgIpc) is 2.35. The Kier molecular flexibility index (Phi) is 6.03. The Bertz CT molecular complexity index is 590. The lowest BCUT2D eigenvalue weighted by atomic mass is 10.1. The average molecular weight is 346 g/mol. The van der Waals surface area contributed by atoms with Gasteiger partial charge in [0, 0.05) is 18.2 Å². The third-order valence-corrected chi connectivity index (χ3v) is 4.50. The summed E-state index contributed by atoms with van der Waals surface area (Å²) in [4.78, 5) is -0.865. The minimum absolute atomic E-state index is 0.0666. The van der Waals surface area contributed by atoms with Crippen LogP contribution in [-0.4, -0.2) is 26.7 Å². The summed E-state index contributed by atoms with van der Waals surface area (Å²) in [6.45, 7) is 1.48. The molecule has 0 aliphatic rings. The van der Waals surface area contributed by atoms with Crippen LogP contribution in [0.2, 0.25) is 5.02 Å². The highest BCUT2D eigenvalue weighted by Gasteiger charge is 2.37. The predicted molar refractivity (Wildman–Crippen MR) is 72.5 cm³/mol. The van der Waals surface area contributed by atoms with Crippen molar-refractivity contribution < 1.29 is 26.7 Å². The van der Waals surface area contributed by atoms with Crippen LogP contribution in [0.1, 0.15) is 18.9 Å². The van der Waals surface area contributed by atoms with Gasteiger partial charge in [-0.25, -0.2) is 13.1 Å². The SMILES string of the molecule is CC(CCO)CNS(=O)(=O)c1ccc(Cl)cc1C(F)(F)F. The Balaban J connectivity index is 3.09. The van der Waals surface area contributed by atoms with Crippen LogP contribution in [-0.2, 0) is 16.2 Å². The molecule has 0 radical (unpaired) electrons. The second kappa shape index (κ2) is 6.95. The van der Waals surface area contributed by atoms with Gasteiger partial charge in [0.15, 0.2) is 0 Å². The van der Waals surface area contributed by atoms with Gasteiger partial charge in [0.25, 0.3) is 0 Å². The molecule has 0 bridgehead atoms. The molecular formula is C12H15ClF3NO3S. The molecule has 0 heterocycles. The first-order valence-electron chi connectivity index (χ1n) is 6.05. The minimum Gasteiger partial charge on any atom is -0.396 e. The van der Waals surface area contributed by atoms with E-state index in [1.807, 2.05) is 0 Å². The maximum Gasteiger partial charge on any atom is 0.417 e. The minimum atomic E-state index is -4.83. The monoisotopic (exact) mass is 345 g/mol. The van der Waals surface area contributed by atoms with Crippen LogP contribution in [0, 0.1) is 5.92 Å². The summed E-state index contributed by atoms with van der Waals surface area (Å²) in [5.41, 5.74) is -1.31. The van der Waals surface area contributed by atoms with E-state index in [1.54, 1.807) is 6.92 Å². The van der Waals surface area contributed by atoms with E-state index in [2.05, 4.69) is 4.72 Å². The fraction of sp³-hybridized carbons (Fsp3) is 0.500. The lowest BCUT2D eigenvalue weighted by Crippen LogP contribution is -2.30. The van der Waals surface area contributed by atoms with Crippen molar-refractivity contribution in [2.24, 2.45) is 5.92 Å². The molecule has 0 fully saturated rings. The number of aliphatic hydroxyl groups excluding tert-OH is 1. The normalized spacial score (nSPS) is 14.2. The van der Waals surface area contributed by atoms with E-state index in [0.717, 1.165) is 12.1 Å². The van der Waals surface area contributed by atoms with Gasteiger partial charge in [0.05, 0.1) is 10.5 Å². The summed E-state index contributed by atoms with van der Waals surface area (Å²) in [5.74, 6) is -0.202. The second-order valence-electron chi connectivity index (χ2n) is 4.61. The van der Waals surface area contributed by atoms with E-state index >= 15 is 0 Å². The Morgan fingerprint density at radius 3 is 2.52 bits per heavy atom. The highest BCUT2D eigenvalue weighted by atomic mass is 35.5. The van der Waals surface area contributed by atoms with Crippen molar-refractivity contribution in [3.05, 3.63) is 28.8 Å². The van der Waals surface area contributed by atoms with Crippen molar-refractivity contribution >= 4 is 21.6 Å². The molecule has 0 aliphatic carbocycles. The zero-order valence-electron chi connectivity index (χ0n) is 11.1. The largest absolute Gasteiger partial charge is 0.417 e. The van der Waals surface area contributed by atoms with E-state index in [4.69, 9.17) is 16.7 Å². The van der Waals surface area contributed by atoms with Crippen molar-refractivity contribution in [1.82, 2.24) is 4.72 Å². The summed E-state index contributed by atoms with van der Waals surface area (Å²) < 4.78 is 64.8. The van der Waals surface area contributed by atoms with Crippen LogP contribution in [0.3, 0.4) is 0 Å². The summed E-state index contributed by atoms with van der Waals surface area (Å²) in [6, 6.07) is 2.49. The molecule has 1 aromatic rings. The zero-order valence-corrected chi connectivity index (χ0v) is 12.7. The van der Waals surface area contributed by atoms with Crippen molar-refractivity contribution in [3.8, 4) is 0 Å². The van der Waals surface area contributed by atoms with Crippen LogP contribution in [0.5, 0.6) is 0 Å². The van der Waals surface area contributed by atoms with Gasteiger partial charge in [-0.05, 0) is 30.5 Å². The molecule has 1 rings (SSSR count). The summed E-state index contributed by atoms with van der Waals surface area (Å²) in [7, 11) is -4.31. The van der Waals surface area contributed by atoms with Crippen LogP contribution in [0.15, 0.2) is 23.1 Å². The Morgan fingerprint density at radius 2 is 2.00 bits per heavy atom. The Morgan fingerprint density at radius 1 is 1.38 bits per heavy atom. The predicted octanol–water partition coefficient (Wildman–Crippen LogP) is 2.66. The van der Waals surface area contributed by atoms with E-state index in [0.29, 0.717) is 12.5 Å². The van der Waals surface area contributed by atoms with Crippen molar-refractivity contribution in [3.63, 3.8) is 0 Å². The number of nitrogens with one attached hydrogen (secondary N) is 1. The third-order valence-electron chi connectivity index (χ3n) is 2.78. The van der Waals surface area contributed by atoms with Gasteiger partial charge in [-0.1, -0.05) is 18.5 Å². The van der Waals surface area contributed by atoms with Crippen LogP contribution in [0.4, 0.5) is 13.2 Å². The number of aliphatic hydroxyl groups is 1. The molecule has 0 amide bonds. The molecule has 21 heavy (non-hydrogen) atoms. The molecule has 1 aromatic carbocycles. The van der Waals surface area contributed by atoms with E-state index < -0.39 is 26.7 Å². The maximum absolute atomic E-state index is 12.9. The van der Waals surface area contributed by atoms with Crippen LogP contribution < -0.4 is 4.72 Å². The number of rotatable bonds is 6. The number of halogens is 4. The van der Waals surface area contributed by atoms with Gasteiger partial charge in [-0.2, -0.15) is 13.2 Å². The number of benzene rings is 1. The molecule has 0 aromatic heterocycles. The lowest BCUT2D eigenvalue weighted by molar-refractivity contribution is -0.139. The van der Waals surface area contributed by atoms with Gasteiger partial charge in [-0.3, -0.25) is 0 Å². The molecule has 0 spiro atoms. The van der Waals surface area contributed by atoms with Crippen LogP contribution >= 0.6 is 11.6 Å². The second-order valence-corrected chi connectivity index (χ2v) is 6.78. The number of hydrogen-bond donors (Lipinski definition) is 2. The molecular weight excluding hydrogens is 331 g/mol. The summed E-state index contributed by atoms with van der Waals surface area (Å²) in [6.07, 6.45) is -4.49. The molecule has 1 atom stereocenters. The van der Waals surface area contributed by atoms with Gasteiger partial charge >= 0.3 is 6.18 Å². The third kappa shape index (κ3) is 5.14. The highest BCUT2D eigenvalue weighted by Crippen LogP contribution is 2.35. The first-order valence-corrected chi connectivity index (χ1v) is 7.91. The van der Waals surface area contributed by atoms with Gasteiger partial charge in [0.2, 0.25) is 10.0 Å². The van der Waals surface area contributed by atoms with Crippen molar-refractivity contribution in [1.29, 1.82) is 0 Å². The smallest absolute Gasteiger partial charge is 0.396 e. The quantitative estimate of drug-likeness (QED) is 0.833. The van der Waals surface area contributed by atoms with E-state index in [1.165, 1.54) is 0 Å². The highest BCUT2D eigenvalue weighted by molar-refractivity contribution is 7.89. The Hall–Kier alpha value is -0.830. The summed E-state index contributed by atoms with van der Waals surface area (Å²) >= 11 is 5.50. The van der Waals surface area contributed by atoms with Crippen LogP contribution in [0.25, 0.3) is 0 Å². The first-order chi connectivity index (χ1) is 9.58. The topological polar surface area (TPSA) is 66.4 Å². The number of alkyl halides is 3. The molecule has 0 saturated heterocycles. The number of hydrogen-bond acceptors (Lipinski definition) is 3. The Labute approximate surface area is 126 Å². The van der Waals surface area contributed by atoms with Gasteiger partial charge < -0.3 is 5.11 Å². The molecule has 0 aliphatic heterocycles. The molecule has 2 N–H and O–H groups in total. The molecule has 0 saturated carbocycles. The van der Waals surface area contributed by atoms with Crippen molar-refractivity contribution in [2.75, 3.05) is 13.2 Å². The zero-order chi connectivity index (χ0) is 16.3. The fourth-order valence-electron chi connectivity index (χ4n) is 1.61. The molecule has 9 heteroatoms. The lowest BCUT2D eigenvalue weighted by Gasteiger charge is -2.16. The standard InChI is InChI=1S/C12H15ClF3NO3S/c1-8(4-5-18)7-17-21(19,20)11-3-2-9(13)6-10(11)12(14,15)16/h2-3,6,8,17-18H,4-5,7H2,1H3. The van der Waals surface area contributed by atoms with Crippen molar-refractivity contribution in [2.45, 2.75) is 24.4 Å². The van der Waals surface area contributed by atoms with Gasteiger partial charge in [0.1, 0.15) is 0 Å². The summed E-state index contributed by atoms with van der Waals surface area (Å²) in [5, 5.41) is 8.52. The fourth-order valence-corrected chi connectivity index (χ4v) is 3.15. The van der Waals surface area contributed by atoms with Gasteiger partial charge in [-0.15, -0.1) is 0 Å². The molecule has 120 valence electrons. The number of sulfonamides is 1.